The number of aryl methyl sites for hydroxylation is 1. The van der Waals surface area contributed by atoms with Gasteiger partial charge in [0, 0.05) is 18.0 Å². The Morgan fingerprint density at radius 1 is 1.35 bits per heavy atom. The van der Waals surface area contributed by atoms with Gasteiger partial charge in [-0.05, 0) is 18.6 Å². The van der Waals surface area contributed by atoms with Crippen LogP contribution in [0.4, 0.5) is 8.78 Å². The predicted molar refractivity (Wildman–Crippen MR) is 58.3 cm³/mol. The Hall–Kier alpha value is -1.04. The summed E-state index contributed by atoms with van der Waals surface area (Å²) in [6.45, 7) is 2.57. The van der Waals surface area contributed by atoms with E-state index >= 15 is 0 Å². The molecule has 0 spiro atoms. The molecule has 94 valence electrons. The van der Waals surface area contributed by atoms with Crippen LogP contribution in [0.2, 0.25) is 0 Å². The van der Waals surface area contributed by atoms with Crippen LogP contribution in [-0.2, 0) is 9.47 Å². The monoisotopic (exact) mass is 243 g/mol. The maximum atomic E-state index is 13.8. The van der Waals surface area contributed by atoms with Gasteiger partial charge in [0.2, 0.25) is 0 Å². The van der Waals surface area contributed by atoms with E-state index in [1.54, 1.807) is 6.92 Å². The second-order valence-electron chi connectivity index (χ2n) is 4.11. The Morgan fingerprint density at radius 3 is 2.65 bits per heavy atom. The van der Waals surface area contributed by atoms with Gasteiger partial charge in [-0.1, -0.05) is 6.07 Å². The zero-order valence-corrected chi connectivity index (χ0v) is 9.58. The Balaban J connectivity index is 2.17. The quantitative estimate of drug-likeness (QED) is 0.883. The van der Waals surface area contributed by atoms with Gasteiger partial charge in [-0.25, -0.2) is 8.78 Å². The molecule has 1 aliphatic rings. The predicted octanol–water partition coefficient (Wildman–Crippen LogP) is 2.04. The summed E-state index contributed by atoms with van der Waals surface area (Å²) in [5.74, 6) is -1.21. The molecule has 0 saturated carbocycles. The Morgan fingerprint density at radius 2 is 2.00 bits per heavy atom. The third kappa shape index (κ3) is 2.62. The molecule has 0 aliphatic carbocycles. The van der Waals surface area contributed by atoms with Gasteiger partial charge in [-0.2, -0.15) is 0 Å². The number of nitrogens with two attached hydrogens (primary N) is 1. The molecule has 17 heavy (non-hydrogen) atoms. The average molecular weight is 243 g/mol. The van der Waals surface area contributed by atoms with Crippen LogP contribution in [0.15, 0.2) is 12.1 Å². The van der Waals surface area contributed by atoms with Crippen LogP contribution in [0, 0.1) is 18.6 Å². The second kappa shape index (κ2) is 5.08. The van der Waals surface area contributed by atoms with E-state index in [1.807, 2.05) is 0 Å². The van der Waals surface area contributed by atoms with Crippen molar-refractivity contribution in [1.82, 2.24) is 0 Å². The van der Waals surface area contributed by atoms with Crippen LogP contribution in [-0.4, -0.2) is 19.5 Å². The van der Waals surface area contributed by atoms with Gasteiger partial charge in [0.25, 0.3) is 0 Å². The third-order valence-corrected chi connectivity index (χ3v) is 2.83. The van der Waals surface area contributed by atoms with Crippen molar-refractivity contribution in [3.63, 3.8) is 0 Å². The summed E-state index contributed by atoms with van der Waals surface area (Å²) in [7, 11) is 0. The third-order valence-electron chi connectivity index (χ3n) is 2.83. The molecule has 2 rings (SSSR count). The van der Waals surface area contributed by atoms with E-state index < -0.39 is 24.0 Å². The van der Waals surface area contributed by atoms with Crippen molar-refractivity contribution >= 4 is 0 Å². The number of halogens is 2. The van der Waals surface area contributed by atoms with E-state index in [4.69, 9.17) is 15.2 Å². The minimum absolute atomic E-state index is 0.0934. The van der Waals surface area contributed by atoms with Gasteiger partial charge in [0.05, 0.1) is 13.2 Å². The SMILES string of the molecule is Cc1ccc(F)c(C(N)CC2OCCO2)c1F. The number of benzene rings is 1. The van der Waals surface area contributed by atoms with Gasteiger partial charge in [-0.3, -0.25) is 0 Å². The highest BCUT2D eigenvalue weighted by molar-refractivity contribution is 5.29. The van der Waals surface area contributed by atoms with E-state index in [9.17, 15) is 8.78 Å². The Bertz CT molecular complexity index is 406. The molecule has 3 nitrogen and oxygen atoms in total. The molecule has 5 heteroatoms. The van der Waals surface area contributed by atoms with Crippen molar-refractivity contribution < 1.29 is 18.3 Å². The van der Waals surface area contributed by atoms with E-state index in [2.05, 4.69) is 0 Å². The van der Waals surface area contributed by atoms with E-state index in [-0.39, 0.29) is 12.0 Å². The van der Waals surface area contributed by atoms with E-state index in [0.717, 1.165) is 0 Å². The maximum Gasteiger partial charge on any atom is 0.159 e. The van der Waals surface area contributed by atoms with Crippen molar-refractivity contribution in [1.29, 1.82) is 0 Å². The van der Waals surface area contributed by atoms with Gasteiger partial charge in [0.1, 0.15) is 11.6 Å². The molecule has 2 N–H and O–H groups in total. The molecule has 0 aromatic heterocycles. The lowest BCUT2D eigenvalue weighted by molar-refractivity contribution is -0.0510. The van der Waals surface area contributed by atoms with Crippen molar-refractivity contribution in [2.45, 2.75) is 25.7 Å². The molecule has 1 atom stereocenters. The topological polar surface area (TPSA) is 44.5 Å². The number of hydrogen-bond donors (Lipinski definition) is 1. The van der Waals surface area contributed by atoms with Crippen molar-refractivity contribution in [2.75, 3.05) is 13.2 Å². The van der Waals surface area contributed by atoms with Crippen molar-refractivity contribution in [2.24, 2.45) is 5.73 Å². The van der Waals surface area contributed by atoms with E-state index in [0.29, 0.717) is 18.8 Å². The number of hydrogen-bond acceptors (Lipinski definition) is 3. The van der Waals surface area contributed by atoms with Crippen LogP contribution in [0.5, 0.6) is 0 Å². The lowest BCUT2D eigenvalue weighted by Crippen LogP contribution is -2.22. The molecule has 1 fully saturated rings. The fraction of sp³-hybridized carbons (Fsp3) is 0.500. The lowest BCUT2D eigenvalue weighted by atomic mass is 10.0. The van der Waals surface area contributed by atoms with Crippen LogP contribution in [0.25, 0.3) is 0 Å². The van der Waals surface area contributed by atoms with Crippen molar-refractivity contribution in [3.8, 4) is 0 Å². The van der Waals surface area contributed by atoms with Gasteiger partial charge in [-0.15, -0.1) is 0 Å². The van der Waals surface area contributed by atoms with Gasteiger partial charge in [0.15, 0.2) is 6.29 Å². The molecular weight excluding hydrogens is 228 g/mol. The first-order valence-electron chi connectivity index (χ1n) is 5.53. The van der Waals surface area contributed by atoms with Crippen LogP contribution in [0.3, 0.4) is 0 Å². The summed E-state index contributed by atoms with van der Waals surface area (Å²) in [6.07, 6.45) is -0.221. The molecule has 0 radical (unpaired) electrons. The van der Waals surface area contributed by atoms with Gasteiger partial charge >= 0.3 is 0 Å². The fourth-order valence-electron chi connectivity index (χ4n) is 1.89. The highest BCUT2D eigenvalue weighted by Gasteiger charge is 2.24. The average Bonchev–Trinajstić information content (AvgIpc) is 2.77. The standard InChI is InChI=1S/C12H15F2NO2/c1-7-2-3-8(13)11(12(7)14)9(15)6-10-16-4-5-17-10/h2-3,9-10H,4-6,15H2,1H3. The van der Waals surface area contributed by atoms with E-state index in [1.165, 1.54) is 12.1 Å². The summed E-state index contributed by atoms with van der Waals surface area (Å²) in [5, 5.41) is 0. The molecular formula is C12H15F2NO2. The Labute approximate surface area is 98.5 Å². The highest BCUT2D eigenvalue weighted by atomic mass is 19.1. The summed E-state index contributed by atoms with van der Waals surface area (Å²) >= 11 is 0. The Kier molecular flexibility index (Phi) is 3.71. The largest absolute Gasteiger partial charge is 0.350 e. The molecule has 1 unspecified atom stereocenters. The first-order valence-corrected chi connectivity index (χ1v) is 5.53. The summed E-state index contributed by atoms with van der Waals surface area (Å²) in [5.41, 5.74) is 6.09. The van der Waals surface area contributed by atoms with Crippen molar-refractivity contribution in [3.05, 3.63) is 34.9 Å². The van der Waals surface area contributed by atoms with Crippen LogP contribution in [0.1, 0.15) is 23.6 Å². The second-order valence-corrected chi connectivity index (χ2v) is 4.11. The van der Waals surface area contributed by atoms with Crippen LogP contribution >= 0.6 is 0 Å². The zero-order chi connectivity index (χ0) is 12.4. The molecule has 1 saturated heterocycles. The molecule has 1 aromatic carbocycles. The number of ether oxygens (including phenoxy) is 2. The normalized spacial score (nSPS) is 18.6. The molecule has 0 amide bonds. The minimum atomic E-state index is -0.766. The maximum absolute atomic E-state index is 13.8. The first kappa shape index (κ1) is 12.4. The summed E-state index contributed by atoms with van der Waals surface area (Å²) in [6, 6.07) is 1.85. The number of rotatable bonds is 3. The molecule has 1 aliphatic heterocycles. The molecule has 1 aromatic rings. The summed E-state index contributed by atoms with van der Waals surface area (Å²) < 4.78 is 37.8. The minimum Gasteiger partial charge on any atom is -0.350 e. The first-order chi connectivity index (χ1) is 8.09. The highest BCUT2D eigenvalue weighted by Crippen LogP contribution is 2.26. The summed E-state index contributed by atoms with van der Waals surface area (Å²) in [4.78, 5) is 0. The lowest BCUT2D eigenvalue weighted by Gasteiger charge is -2.18. The van der Waals surface area contributed by atoms with Crippen LogP contribution < -0.4 is 5.73 Å². The molecule has 0 bridgehead atoms. The fourth-order valence-corrected chi connectivity index (χ4v) is 1.89. The zero-order valence-electron chi connectivity index (χ0n) is 9.58. The van der Waals surface area contributed by atoms with Gasteiger partial charge < -0.3 is 15.2 Å². The smallest absolute Gasteiger partial charge is 0.159 e. The molecule has 1 heterocycles.